The lowest BCUT2D eigenvalue weighted by Crippen LogP contribution is -2.50. The highest BCUT2D eigenvalue weighted by molar-refractivity contribution is 6.33. The first-order chi connectivity index (χ1) is 9.28. The van der Waals surface area contributed by atoms with Gasteiger partial charge in [-0.05, 0) is 31.0 Å². The molecule has 1 atom stereocenters. The molecule has 1 unspecified atom stereocenters. The molecule has 0 aliphatic rings. The van der Waals surface area contributed by atoms with Gasteiger partial charge in [-0.25, -0.2) is 4.39 Å². The maximum absolute atomic E-state index is 12.9. The number of rotatable bonds is 5. The number of halogens is 2. The Kier molecular flexibility index (Phi) is 5.34. The zero-order valence-electron chi connectivity index (χ0n) is 11.6. The van der Waals surface area contributed by atoms with Gasteiger partial charge in [-0.1, -0.05) is 25.4 Å². The summed E-state index contributed by atoms with van der Waals surface area (Å²) in [5.74, 6) is -0.795. The van der Waals surface area contributed by atoms with Gasteiger partial charge in [0.1, 0.15) is 11.4 Å². The van der Waals surface area contributed by atoms with Crippen LogP contribution in [0.2, 0.25) is 5.02 Å². The van der Waals surface area contributed by atoms with Gasteiger partial charge in [0.25, 0.3) is 0 Å². The highest BCUT2D eigenvalue weighted by Gasteiger charge is 2.29. The highest BCUT2D eigenvalue weighted by atomic mass is 35.5. The van der Waals surface area contributed by atoms with Crippen LogP contribution >= 0.6 is 11.6 Å². The molecule has 4 nitrogen and oxygen atoms in total. The van der Waals surface area contributed by atoms with Crippen molar-refractivity contribution in [1.82, 2.24) is 5.32 Å². The minimum Gasteiger partial charge on any atom is -0.375 e. The molecule has 0 fully saturated rings. The summed E-state index contributed by atoms with van der Waals surface area (Å²) in [7, 11) is 0. The predicted molar refractivity (Wildman–Crippen MR) is 76.9 cm³/mol. The molecule has 6 heteroatoms. The van der Waals surface area contributed by atoms with Crippen molar-refractivity contribution in [3.05, 3.63) is 29.0 Å². The molecule has 0 aromatic heterocycles. The summed E-state index contributed by atoms with van der Waals surface area (Å²) in [5, 5.41) is 14.8. The molecule has 0 radical (unpaired) electrons. The lowest BCUT2D eigenvalue weighted by Gasteiger charge is -2.27. The zero-order valence-corrected chi connectivity index (χ0v) is 12.4. The van der Waals surface area contributed by atoms with Crippen LogP contribution in [0.1, 0.15) is 20.8 Å². The monoisotopic (exact) mass is 297 g/mol. The van der Waals surface area contributed by atoms with Crippen molar-refractivity contribution >= 4 is 23.2 Å². The molecule has 108 valence electrons. The second-order valence-electron chi connectivity index (χ2n) is 4.99. The Balaban J connectivity index is 2.62. The summed E-state index contributed by atoms with van der Waals surface area (Å²) in [6.07, 6.45) is 0. The Morgan fingerprint density at radius 2 is 2.20 bits per heavy atom. The smallest absolute Gasteiger partial charge is 0.240 e. The third-order valence-electron chi connectivity index (χ3n) is 3.16. The Morgan fingerprint density at radius 1 is 1.55 bits per heavy atom. The van der Waals surface area contributed by atoms with Crippen LogP contribution in [-0.4, -0.2) is 18.0 Å². The van der Waals surface area contributed by atoms with Gasteiger partial charge in [-0.15, -0.1) is 0 Å². The second-order valence-corrected chi connectivity index (χ2v) is 5.40. The molecule has 0 heterocycles. The van der Waals surface area contributed by atoms with Crippen molar-refractivity contribution in [2.45, 2.75) is 26.3 Å². The Morgan fingerprint density at radius 3 is 2.70 bits per heavy atom. The van der Waals surface area contributed by atoms with Crippen LogP contribution in [0.5, 0.6) is 0 Å². The lowest BCUT2D eigenvalue weighted by molar-refractivity contribution is -0.121. The Labute approximate surface area is 122 Å². The number of nitriles is 1. The normalized spacial score (nSPS) is 13.4. The van der Waals surface area contributed by atoms with Crippen LogP contribution in [-0.2, 0) is 4.79 Å². The molecule has 0 aliphatic heterocycles. The summed E-state index contributed by atoms with van der Waals surface area (Å²) >= 11 is 5.84. The van der Waals surface area contributed by atoms with Gasteiger partial charge in [-0.3, -0.25) is 4.79 Å². The van der Waals surface area contributed by atoms with Gasteiger partial charge in [0.2, 0.25) is 5.91 Å². The molecule has 1 rings (SSSR count). The van der Waals surface area contributed by atoms with Gasteiger partial charge >= 0.3 is 0 Å². The average molecular weight is 298 g/mol. The molecular formula is C14H17ClFN3O. The summed E-state index contributed by atoms with van der Waals surface area (Å²) in [4.78, 5) is 11.8. The van der Waals surface area contributed by atoms with Crippen LogP contribution in [0.15, 0.2) is 18.2 Å². The molecule has 1 aromatic rings. The first kappa shape index (κ1) is 16.3. The highest BCUT2D eigenvalue weighted by Crippen LogP contribution is 2.22. The van der Waals surface area contributed by atoms with E-state index in [2.05, 4.69) is 16.7 Å². The average Bonchev–Trinajstić information content (AvgIpc) is 2.37. The van der Waals surface area contributed by atoms with Crippen LogP contribution in [0, 0.1) is 23.1 Å². The number of anilines is 1. The van der Waals surface area contributed by atoms with Crippen molar-refractivity contribution in [2.24, 2.45) is 5.92 Å². The number of nitrogens with one attached hydrogen (secondary N) is 2. The van der Waals surface area contributed by atoms with Crippen molar-refractivity contribution in [1.29, 1.82) is 5.26 Å². The summed E-state index contributed by atoms with van der Waals surface area (Å²) in [6, 6.07) is 5.96. The molecule has 20 heavy (non-hydrogen) atoms. The minimum absolute atomic E-state index is 0.0224. The first-order valence-electron chi connectivity index (χ1n) is 6.19. The third kappa shape index (κ3) is 4.10. The predicted octanol–water partition coefficient (Wildman–Crippen LogP) is 2.95. The van der Waals surface area contributed by atoms with E-state index in [9.17, 15) is 9.18 Å². The van der Waals surface area contributed by atoms with Gasteiger partial charge < -0.3 is 10.6 Å². The molecule has 2 N–H and O–H groups in total. The fourth-order valence-electron chi connectivity index (χ4n) is 1.44. The molecule has 0 saturated carbocycles. The van der Waals surface area contributed by atoms with Crippen LogP contribution in [0.25, 0.3) is 0 Å². The van der Waals surface area contributed by atoms with E-state index in [4.69, 9.17) is 16.9 Å². The number of carbonyl (C=O) groups excluding carboxylic acids is 1. The summed E-state index contributed by atoms with van der Waals surface area (Å²) in [6.45, 7) is 5.33. The van der Waals surface area contributed by atoms with Gasteiger partial charge in [-0.2, -0.15) is 5.26 Å². The maximum atomic E-state index is 12.9. The molecule has 0 bridgehead atoms. The van der Waals surface area contributed by atoms with Crippen molar-refractivity contribution in [3.63, 3.8) is 0 Å². The fraction of sp³-hybridized carbons (Fsp3) is 0.429. The first-order valence-corrected chi connectivity index (χ1v) is 6.57. The van der Waals surface area contributed by atoms with E-state index < -0.39 is 11.4 Å². The zero-order chi connectivity index (χ0) is 15.3. The van der Waals surface area contributed by atoms with Crippen LogP contribution < -0.4 is 10.6 Å². The van der Waals surface area contributed by atoms with Gasteiger partial charge in [0.15, 0.2) is 0 Å². The number of amides is 1. The third-order valence-corrected chi connectivity index (χ3v) is 3.47. The van der Waals surface area contributed by atoms with Crippen molar-refractivity contribution in [3.8, 4) is 6.07 Å². The molecular weight excluding hydrogens is 281 g/mol. The van der Waals surface area contributed by atoms with Crippen molar-refractivity contribution in [2.75, 3.05) is 11.9 Å². The Hall–Kier alpha value is -1.80. The number of benzene rings is 1. The SMILES string of the molecule is CC(C)C(C)(C#N)NC(=O)CNc1ccc(F)cc1Cl. The second kappa shape index (κ2) is 6.58. The summed E-state index contributed by atoms with van der Waals surface area (Å²) < 4.78 is 12.9. The fourth-order valence-corrected chi connectivity index (χ4v) is 1.68. The lowest BCUT2D eigenvalue weighted by atomic mass is 9.90. The number of nitrogens with zero attached hydrogens (tertiary/aromatic N) is 1. The van der Waals surface area contributed by atoms with Gasteiger partial charge in [0.05, 0.1) is 23.3 Å². The minimum atomic E-state index is -0.925. The molecule has 0 saturated heterocycles. The number of carbonyl (C=O) groups is 1. The topological polar surface area (TPSA) is 64.9 Å². The number of hydrogen-bond donors (Lipinski definition) is 2. The van der Waals surface area contributed by atoms with E-state index in [1.807, 2.05) is 13.8 Å². The quantitative estimate of drug-likeness (QED) is 0.878. The van der Waals surface area contributed by atoms with Crippen LogP contribution in [0.4, 0.5) is 10.1 Å². The molecule has 0 aliphatic carbocycles. The molecule has 0 spiro atoms. The van der Waals surface area contributed by atoms with E-state index in [1.165, 1.54) is 12.1 Å². The largest absolute Gasteiger partial charge is 0.375 e. The van der Waals surface area contributed by atoms with E-state index in [-0.39, 0.29) is 23.4 Å². The van der Waals surface area contributed by atoms with E-state index >= 15 is 0 Å². The van der Waals surface area contributed by atoms with E-state index in [0.29, 0.717) is 5.69 Å². The van der Waals surface area contributed by atoms with E-state index in [1.54, 1.807) is 6.92 Å². The molecule has 1 aromatic carbocycles. The maximum Gasteiger partial charge on any atom is 0.240 e. The Bertz CT molecular complexity index is 542. The number of hydrogen-bond acceptors (Lipinski definition) is 3. The van der Waals surface area contributed by atoms with E-state index in [0.717, 1.165) is 6.07 Å². The summed E-state index contributed by atoms with van der Waals surface area (Å²) in [5.41, 5.74) is -0.461. The van der Waals surface area contributed by atoms with Crippen molar-refractivity contribution < 1.29 is 9.18 Å². The molecule has 1 amide bonds. The van der Waals surface area contributed by atoms with Crippen LogP contribution in [0.3, 0.4) is 0 Å². The standard InChI is InChI=1S/C14H17ClFN3O/c1-9(2)14(3,8-17)19-13(20)7-18-12-5-4-10(16)6-11(12)15/h4-6,9,18H,7H2,1-3H3,(H,19,20). The van der Waals surface area contributed by atoms with Gasteiger partial charge in [0, 0.05) is 0 Å².